The van der Waals surface area contributed by atoms with Crippen LogP contribution in [-0.4, -0.2) is 12.8 Å². The molecule has 0 saturated carbocycles. The summed E-state index contributed by atoms with van der Waals surface area (Å²) >= 11 is 0. The van der Waals surface area contributed by atoms with Gasteiger partial charge in [0.05, 0.1) is 12.8 Å². The number of hydrogen-bond acceptors (Lipinski definition) is 3. The second-order valence-electron chi connectivity index (χ2n) is 4.79. The van der Waals surface area contributed by atoms with Crippen LogP contribution < -0.4 is 10.2 Å². The second kappa shape index (κ2) is 5.01. The number of ether oxygens (including phenoxy) is 1. The Kier molecular flexibility index (Phi) is 3.93. The van der Waals surface area contributed by atoms with Crippen LogP contribution in [-0.2, 0) is 0 Å². The Morgan fingerprint density at radius 3 is 2.19 bits per heavy atom. The molecule has 1 aromatic rings. The van der Waals surface area contributed by atoms with Crippen LogP contribution in [0.5, 0.6) is 5.75 Å². The van der Waals surface area contributed by atoms with E-state index in [0.717, 1.165) is 17.1 Å². The molecule has 88 valence electrons. The Labute approximate surface area is 97.5 Å². The Morgan fingerprint density at radius 1 is 1.19 bits per heavy atom. The molecule has 0 spiro atoms. The van der Waals surface area contributed by atoms with Crippen molar-refractivity contribution in [3.05, 3.63) is 24.3 Å². The molecule has 3 nitrogen and oxygen atoms in total. The van der Waals surface area contributed by atoms with Crippen LogP contribution >= 0.6 is 0 Å². The van der Waals surface area contributed by atoms with E-state index < -0.39 is 0 Å². The summed E-state index contributed by atoms with van der Waals surface area (Å²) in [5.41, 5.74) is 5.17. The molecular weight excluding hydrogens is 200 g/mol. The highest BCUT2D eigenvalue weighted by Crippen LogP contribution is 2.18. The zero-order valence-electron chi connectivity index (χ0n) is 10.7. The van der Waals surface area contributed by atoms with E-state index in [2.05, 4.69) is 31.3 Å². The van der Waals surface area contributed by atoms with E-state index in [-0.39, 0.29) is 5.41 Å². The molecule has 0 radical (unpaired) electrons. The van der Waals surface area contributed by atoms with Gasteiger partial charge in [0.2, 0.25) is 0 Å². The van der Waals surface area contributed by atoms with Gasteiger partial charge < -0.3 is 4.74 Å². The van der Waals surface area contributed by atoms with Gasteiger partial charge in [-0.15, -0.1) is 0 Å². The van der Waals surface area contributed by atoms with Crippen molar-refractivity contribution < 1.29 is 4.74 Å². The van der Waals surface area contributed by atoms with Crippen molar-refractivity contribution in [3.8, 4) is 5.75 Å². The van der Waals surface area contributed by atoms with Crippen molar-refractivity contribution in [3.63, 3.8) is 0 Å². The summed E-state index contributed by atoms with van der Waals surface area (Å²) in [6, 6.07) is 7.70. The van der Waals surface area contributed by atoms with Crippen LogP contribution in [0.3, 0.4) is 0 Å². The van der Waals surface area contributed by atoms with E-state index in [0.29, 0.717) is 0 Å². The van der Waals surface area contributed by atoms with Crippen LogP contribution in [0.15, 0.2) is 29.4 Å². The molecule has 0 aliphatic heterocycles. The summed E-state index contributed by atoms with van der Waals surface area (Å²) in [4.78, 5) is 0. The van der Waals surface area contributed by atoms with Gasteiger partial charge in [-0.05, 0) is 31.2 Å². The number of hydrazone groups is 1. The average molecular weight is 220 g/mol. The lowest BCUT2D eigenvalue weighted by Crippen LogP contribution is -2.18. The topological polar surface area (TPSA) is 33.6 Å². The van der Waals surface area contributed by atoms with Crippen LogP contribution in [0.1, 0.15) is 27.7 Å². The third kappa shape index (κ3) is 3.57. The van der Waals surface area contributed by atoms with Crippen LogP contribution in [0, 0.1) is 5.41 Å². The fraction of sp³-hybridized carbons (Fsp3) is 0.462. The number of nitrogens with zero attached hydrogens (tertiary/aromatic N) is 1. The minimum absolute atomic E-state index is 0.0967. The zero-order chi connectivity index (χ0) is 12.2. The molecule has 1 N–H and O–H groups in total. The first kappa shape index (κ1) is 12.6. The summed E-state index contributed by atoms with van der Waals surface area (Å²) in [6.45, 7) is 8.45. The van der Waals surface area contributed by atoms with Gasteiger partial charge in [-0.1, -0.05) is 20.8 Å². The highest BCUT2D eigenvalue weighted by molar-refractivity contribution is 5.87. The average Bonchev–Trinajstić information content (AvgIpc) is 2.25. The molecule has 1 rings (SSSR count). The number of rotatable bonds is 3. The third-order valence-corrected chi connectivity index (χ3v) is 2.53. The predicted molar refractivity (Wildman–Crippen MR) is 69.2 cm³/mol. The van der Waals surface area contributed by atoms with Gasteiger partial charge in [0, 0.05) is 11.1 Å². The standard InChI is InChI=1S/C13H20N2O/c1-10(13(2,3)4)14-15-11-6-8-12(16-5)9-7-11/h6-9,15H,1-5H3/b14-10+. The molecule has 3 heteroatoms. The number of methoxy groups -OCH3 is 1. The highest BCUT2D eigenvalue weighted by Gasteiger charge is 2.13. The van der Waals surface area contributed by atoms with E-state index >= 15 is 0 Å². The molecule has 0 saturated heterocycles. The summed E-state index contributed by atoms with van der Waals surface area (Å²) in [6.07, 6.45) is 0. The van der Waals surface area contributed by atoms with Crippen LogP contribution in [0.2, 0.25) is 0 Å². The first-order chi connectivity index (χ1) is 7.43. The SMILES string of the molecule is COc1ccc(N/N=C(\C)C(C)(C)C)cc1. The monoisotopic (exact) mass is 220 g/mol. The van der Waals surface area contributed by atoms with Gasteiger partial charge in [0.15, 0.2) is 0 Å². The van der Waals surface area contributed by atoms with E-state index in [1.165, 1.54) is 0 Å². The van der Waals surface area contributed by atoms with Crippen molar-refractivity contribution in [2.45, 2.75) is 27.7 Å². The highest BCUT2D eigenvalue weighted by atomic mass is 16.5. The quantitative estimate of drug-likeness (QED) is 0.624. The molecule has 0 aliphatic rings. The van der Waals surface area contributed by atoms with Crippen molar-refractivity contribution in [1.82, 2.24) is 0 Å². The van der Waals surface area contributed by atoms with Crippen molar-refractivity contribution in [1.29, 1.82) is 0 Å². The lowest BCUT2D eigenvalue weighted by Gasteiger charge is -2.17. The maximum absolute atomic E-state index is 5.09. The fourth-order valence-electron chi connectivity index (χ4n) is 0.982. The first-order valence-corrected chi connectivity index (χ1v) is 5.38. The zero-order valence-corrected chi connectivity index (χ0v) is 10.7. The van der Waals surface area contributed by atoms with Crippen molar-refractivity contribution in [2.75, 3.05) is 12.5 Å². The maximum Gasteiger partial charge on any atom is 0.119 e. The lowest BCUT2D eigenvalue weighted by atomic mass is 9.91. The number of anilines is 1. The van der Waals surface area contributed by atoms with Crippen molar-refractivity contribution in [2.24, 2.45) is 10.5 Å². The summed E-state index contributed by atoms with van der Waals surface area (Å²) in [7, 11) is 1.66. The number of nitrogens with one attached hydrogen (secondary N) is 1. The molecule has 0 unspecified atom stereocenters. The Balaban J connectivity index is 2.67. The Bertz CT molecular complexity index is 361. The summed E-state index contributed by atoms with van der Waals surface area (Å²) in [5.74, 6) is 0.849. The molecule has 0 heterocycles. The number of hydrogen-bond donors (Lipinski definition) is 1. The molecule has 0 atom stereocenters. The fourth-order valence-corrected chi connectivity index (χ4v) is 0.982. The van der Waals surface area contributed by atoms with Gasteiger partial charge >= 0.3 is 0 Å². The molecule has 0 amide bonds. The molecule has 16 heavy (non-hydrogen) atoms. The van der Waals surface area contributed by atoms with E-state index in [1.807, 2.05) is 31.2 Å². The largest absolute Gasteiger partial charge is 0.497 e. The molecule has 0 fully saturated rings. The van der Waals surface area contributed by atoms with Gasteiger partial charge in [0.1, 0.15) is 5.75 Å². The second-order valence-corrected chi connectivity index (χ2v) is 4.79. The molecule has 1 aromatic carbocycles. The van der Waals surface area contributed by atoms with E-state index in [4.69, 9.17) is 4.74 Å². The van der Waals surface area contributed by atoms with Gasteiger partial charge in [-0.3, -0.25) is 5.43 Å². The Morgan fingerprint density at radius 2 is 1.75 bits per heavy atom. The summed E-state index contributed by atoms with van der Waals surface area (Å²) in [5, 5.41) is 4.35. The molecule has 0 aromatic heterocycles. The minimum Gasteiger partial charge on any atom is -0.497 e. The first-order valence-electron chi connectivity index (χ1n) is 5.38. The lowest BCUT2D eigenvalue weighted by molar-refractivity contribution is 0.415. The van der Waals surface area contributed by atoms with Gasteiger partial charge in [0.25, 0.3) is 0 Å². The van der Waals surface area contributed by atoms with Gasteiger partial charge in [-0.25, -0.2) is 0 Å². The normalized spacial score (nSPS) is 12.4. The minimum atomic E-state index is 0.0967. The molecule has 0 bridgehead atoms. The predicted octanol–water partition coefficient (Wildman–Crippen LogP) is 3.53. The van der Waals surface area contributed by atoms with Crippen LogP contribution in [0.4, 0.5) is 5.69 Å². The van der Waals surface area contributed by atoms with Crippen LogP contribution in [0.25, 0.3) is 0 Å². The van der Waals surface area contributed by atoms with Gasteiger partial charge in [-0.2, -0.15) is 5.10 Å². The van der Waals surface area contributed by atoms with Crippen molar-refractivity contribution >= 4 is 11.4 Å². The molecule has 0 aliphatic carbocycles. The third-order valence-electron chi connectivity index (χ3n) is 2.53. The molecular formula is C13H20N2O. The maximum atomic E-state index is 5.09. The Hall–Kier alpha value is -1.51. The van der Waals surface area contributed by atoms with E-state index in [1.54, 1.807) is 7.11 Å². The van der Waals surface area contributed by atoms with E-state index in [9.17, 15) is 0 Å². The smallest absolute Gasteiger partial charge is 0.119 e. The summed E-state index contributed by atoms with van der Waals surface area (Å²) < 4.78 is 5.09. The number of benzene rings is 1.